The van der Waals surface area contributed by atoms with E-state index in [4.69, 9.17) is 10.5 Å². The van der Waals surface area contributed by atoms with Gasteiger partial charge in [-0.05, 0) is 30.4 Å². The molecule has 1 atom stereocenters. The number of benzene rings is 1. The molecule has 0 spiro atoms. The Kier molecular flexibility index (Phi) is 2.29. The molecule has 15 heavy (non-hydrogen) atoms. The maximum absolute atomic E-state index is 10.9. The van der Waals surface area contributed by atoms with Crippen LogP contribution in [0.25, 0.3) is 6.08 Å². The van der Waals surface area contributed by atoms with Gasteiger partial charge in [-0.1, -0.05) is 12.7 Å². The van der Waals surface area contributed by atoms with Gasteiger partial charge < -0.3 is 10.5 Å². The molecule has 76 valence electrons. The zero-order valence-corrected chi connectivity index (χ0v) is 8.14. The Labute approximate surface area is 87.9 Å². The number of hydrogen-bond acceptors (Lipinski definition) is 2. The smallest absolute Gasteiger partial charge is 0.248 e. The highest BCUT2D eigenvalue weighted by Crippen LogP contribution is 2.27. The van der Waals surface area contributed by atoms with Crippen molar-refractivity contribution in [3.05, 3.63) is 48.1 Å². The van der Waals surface area contributed by atoms with Crippen LogP contribution in [0.1, 0.15) is 15.9 Å². The number of carbonyl (C=O) groups excluding carboxylic acids is 1. The van der Waals surface area contributed by atoms with Gasteiger partial charge in [0.25, 0.3) is 0 Å². The van der Waals surface area contributed by atoms with Crippen molar-refractivity contribution in [1.29, 1.82) is 0 Å². The number of primary amides is 1. The van der Waals surface area contributed by atoms with E-state index in [1.165, 1.54) is 0 Å². The number of amides is 1. The molecular formula is C12H11NO2. The minimum absolute atomic E-state index is 0.100. The van der Waals surface area contributed by atoms with Crippen molar-refractivity contribution in [2.24, 2.45) is 5.73 Å². The normalized spacial score (nSPS) is 17.7. The molecule has 1 amide bonds. The first kappa shape index (κ1) is 9.52. The van der Waals surface area contributed by atoms with Gasteiger partial charge in [0.15, 0.2) is 0 Å². The summed E-state index contributed by atoms with van der Waals surface area (Å²) in [5.74, 6) is 0.310. The Hall–Kier alpha value is -2.03. The van der Waals surface area contributed by atoms with E-state index in [0.29, 0.717) is 5.56 Å². The van der Waals surface area contributed by atoms with Crippen LogP contribution in [-0.4, -0.2) is 12.0 Å². The molecule has 1 unspecified atom stereocenters. The van der Waals surface area contributed by atoms with Crippen LogP contribution in [-0.2, 0) is 0 Å². The second-order valence-corrected chi connectivity index (χ2v) is 3.29. The van der Waals surface area contributed by atoms with E-state index in [1.807, 2.05) is 12.2 Å². The van der Waals surface area contributed by atoms with Crippen LogP contribution in [0.2, 0.25) is 0 Å². The van der Waals surface area contributed by atoms with E-state index < -0.39 is 5.91 Å². The SMILES string of the molecule is C=CC1C=Cc2cc(C(N)=O)ccc2O1. The summed E-state index contributed by atoms with van der Waals surface area (Å²) in [7, 11) is 0. The third kappa shape index (κ3) is 1.76. The standard InChI is InChI=1S/C12H11NO2/c1-2-10-5-3-8-7-9(12(13)14)4-6-11(8)15-10/h2-7,10H,1H2,(H2,13,14). The van der Waals surface area contributed by atoms with Gasteiger partial charge in [-0.25, -0.2) is 0 Å². The number of fused-ring (bicyclic) bond motifs is 1. The van der Waals surface area contributed by atoms with Crippen molar-refractivity contribution < 1.29 is 9.53 Å². The van der Waals surface area contributed by atoms with Crippen LogP contribution in [0.5, 0.6) is 5.75 Å². The molecule has 0 aliphatic carbocycles. The topological polar surface area (TPSA) is 52.3 Å². The number of hydrogen-bond donors (Lipinski definition) is 1. The lowest BCUT2D eigenvalue weighted by atomic mass is 10.1. The zero-order valence-electron chi connectivity index (χ0n) is 8.14. The van der Waals surface area contributed by atoms with Gasteiger partial charge in [0.05, 0.1) is 0 Å². The molecule has 1 heterocycles. The van der Waals surface area contributed by atoms with Gasteiger partial charge in [-0.2, -0.15) is 0 Å². The maximum atomic E-state index is 10.9. The maximum Gasteiger partial charge on any atom is 0.248 e. The van der Waals surface area contributed by atoms with Gasteiger partial charge in [0, 0.05) is 11.1 Å². The van der Waals surface area contributed by atoms with Crippen molar-refractivity contribution >= 4 is 12.0 Å². The minimum atomic E-state index is -0.433. The molecule has 0 bridgehead atoms. The molecule has 1 aromatic carbocycles. The van der Waals surface area contributed by atoms with Crippen LogP contribution in [0.15, 0.2) is 36.9 Å². The molecule has 0 saturated heterocycles. The fourth-order valence-electron chi connectivity index (χ4n) is 1.45. The third-order valence-corrected chi connectivity index (χ3v) is 2.26. The highest BCUT2D eigenvalue weighted by Gasteiger charge is 2.13. The first-order chi connectivity index (χ1) is 7.20. The second kappa shape index (κ2) is 3.61. The molecule has 3 nitrogen and oxygen atoms in total. The molecule has 1 aromatic rings. The van der Waals surface area contributed by atoms with Crippen molar-refractivity contribution in [1.82, 2.24) is 0 Å². The highest BCUT2D eigenvalue weighted by molar-refractivity contribution is 5.93. The summed E-state index contributed by atoms with van der Waals surface area (Å²) in [6.45, 7) is 3.65. The molecule has 0 fully saturated rings. The van der Waals surface area contributed by atoms with Crippen LogP contribution in [0.3, 0.4) is 0 Å². The van der Waals surface area contributed by atoms with Crippen LogP contribution in [0, 0.1) is 0 Å². The van der Waals surface area contributed by atoms with E-state index >= 15 is 0 Å². The zero-order chi connectivity index (χ0) is 10.8. The molecule has 1 aliphatic heterocycles. The van der Waals surface area contributed by atoms with E-state index in [0.717, 1.165) is 11.3 Å². The number of ether oxygens (including phenoxy) is 1. The molecule has 0 saturated carbocycles. The van der Waals surface area contributed by atoms with Crippen molar-refractivity contribution in [2.75, 3.05) is 0 Å². The lowest BCUT2D eigenvalue weighted by molar-refractivity contribution is 0.1000. The lowest BCUT2D eigenvalue weighted by Gasteiger charge is -2.18. The number of rotatable bonds is 2. The molecule has 1 aliphatic rings. The Morgan fingerprint density at radius 1 is 1.53 bits per heavy atom. The average molecular weight is 201 g/mol. The summed E-state index contributed by atoms with van der Waals surface area (Å²) in [5.41, 5.74) is 6.53. The largest absolute Gasteiger partial charge is 0.482 e. The molecule has 0 radical (unpaired) electrons. The van der Waals surface area contributed by atoms with Crippen LogP contribution >= 0.6 is 0 Å². The van der Waals surface area contributed by atoms with Gasteiger partial charge in [-0.3, -0.25) is 4.79 Å². The van der Waals surface area contributed by atoms with E-state index in [2.05, 4.69) is 6.58 Å². The Morgan fingerprint density at radius 2 is 2.33 bits per heavy atom. The number of nitrogens with two attached hydrogens (primary N) is 1. The average Bonchev–Trinajstić information content (AvgIpc) is 2.27. The fourth-order valence-corrected chi connectivity index (χ4v) is 1.45. The predicted octanol–water partition coefficient (Wildman–Crippen LogP) is 1.75. The summed E-state index contributed by atoms with van der Waals surface area (Å²) < 4.78 is 5.56. The van der Waals surface area contributed by atoms with Crippen molar-refractivity contribution in [3.63, 3.8) is 0 Å². The van der Waals surface area contributed by atoms with E-state index in [1.54, 1.807) is 24.3 Å². The quantitative estimate of drug-likeness (QED) is 0.741. The Balaban J connectivity index is 2.39. The van der Waals surface area contributed by atoms with Crippen molar-refractivity contribution in [2.45, 2.75) is 6.10 Å². The van der Waals surface area contributed by atoms with E-state index in [-0.39, 0.29) is 6.10 Å². The first-order valence-corrected chi connectivity index (χ1v) is 4.62. The number of carbonyl (C=O) groups is 1. The molecule has 0 aromatic heterocycles. The van der Waals surface area contributed by atoms with Crippen LogP contribution < -0.4 is 10.5 Å². The first-order valence-electron chi connectivity index (χ1n) is 4.62. The Morgan fingerprint density at radius 3 is 3.00 bits per heavy atom. The van der Waals surface area contributed by atoms with Gasteiger partial charge >= 0.3 is 0 Å². The molecule has 2 rings (SSSR count). The molecule has 2 N–H and O–H groups in total. The monoisotopic (exact) mass is 201 g/mol. The third-order valence-electron chi connectivity index (χ3n) is 2.26. The van der Waals surface area contributed by atoms with Gasteiger partial charge in [0.2, 0.25) is 5.91 Å². The highest BCUT2D eigenvalue weighted by atomic mass is 16.5. The minimum Gasteiger partial charge on any atom is -0.482 e. The Bertz CT molecular complexity index is 449. The fraction of sp³-hybridized carbons (Fsp3) is 0.0833. The van der Waals surface area contributed by atoms with Crippen molar-refractivity contribution in [3.8, 4) is 5.75 Å². The second-order valence-electron chi connectivity index (χ2n) is 3.29. The van der Waals surface area contributed by atoms with Gasteiger partial charge in [0.1, 0.15) is 11.9 Å². The van der Waals surface area contributed by atoms with E-state index in [9.17, 15) is 4.79 Å². The predicted molar refractivity (Wildman–Crippen MR) is 58.6 cm³/mol. The summed E-state index contributed by atoms with van der Waals surface area (Å²) in [6, 6.07) is 5.11. The summed E-state index contributed by atoms with van der Waals surface area (Å²) >= 11 is 0. The summed E-state index contributed by atoms with van der Waals surface area (Å²) in [5, 5.41) is 0. The summed E-state index contributed by atoms with van der Waals surface area (Å²) in [6.07, 6.45) is 5.39. The molecule has 3 heteroatoms. The van der Waals surface area contributed by atoms with Crippen LogP contribution in [0.4, 0.5) is 0 Å². The lowest BCUT2D eigenvalue weighted by Crippen LogP contribution is -2.15. The van der Waals surface area contributed by atoms with Gasteiger partial charge in [-0.15, -0.1) is 0 Å². The summed E-state index contributed by atoms with van der Waals surface area (Å²) in [4.78, 5) is 10.9. The molecular weight excluding hydrogens is 190 g/mol.